The molecule has 1 N–H and O–H groups in total. The molecule has 0 bridgehead atoms. The van der Waals surface area contributed by atoms with Crippen LogP contribution in [0.1, 0.15) is 20.8 Å². The van der Waals surface area contributed by atoms with Gasteiger partial charge in [0.15, 0.2) is 12.0 Å². The summed E-state index contributed by atoms with van der Waals surface area (Å²) in [6.45, 7) is 4.77. The van der Waals surface area contributed by atoms with E-state index in [-0.39, 0.29) is 22.1 Å². The molecule has 1 aliphatic rings. The molecule has 1 heterocycles. The smallest absolute Gasteiger partial charge is 0.225 e. The lowest BCUT2D eigenvalue weighted by atomic mass is 10.1. The van der Waals surface area contributed by atoms with Crippen LogP contribution in [-0.4, -0.2) is 70.4 Å². The molecule has 1 rings (SSSR count). The molecular formula is C17H24INO7. The lowest BCUT2D eigenvalue weighted by molar-refractivity contribution is -0.145. The number of carbonyl (C=O) groups is 3. The number of aliphatic hydroxyl groups is 1. The fraction of sp³-hybridized carbons (Fsp3) is 0.588. The van der Waals surface area contributed by atoms with E-state index in [1.54, 1.807) is 29.5 Å². The Labute approximate surface area is 166 Å². The van der Waals surface area contributed by atoms with E-state index in [0.717, 1.165) is 0 Å². The van der Waals surface area contributed by atoms with Gasteiger partial charge in [-0.05, 0) is 26.0 Å². The second kappa shape index (κ2) is 10.9. The summed E-state index contributed by atoms with van der Waals surface area (Å²) >= 11 is 1.60. The summed E-state index contributed by atoms with van der Waals surface area (Å²) in [4.78, 5) is 36.0. The van der Waals surface area contributed by atoms with Crippen molar-refractivity contribution in [2.24, 2.45) is 0 Å². The number of allylic oxidation sites excluding steroid dienone is 2. The van der Waals surface area contributed by atoms with Crippen molar-refractivity contribution in [3.05, 3.63) is 23.9 Å². The molecule has 26 heavy (non-hydrogen) atoms. The fourth-order valence-corrected chi connectivity index (χ4v) is 2.53. The largest absolute Gasteiger partial charge is 0.387 e. The third-order valence-electron chi connectivity index (χ3n) is 3.79. The van der Waals surface area contributed by atoms with Crippen LogP contribution in [0.3, 0.4) is 0 Å². The number of amides is 1. The summed E-state index contributed by atoms with van der Waals surface area (Å²) in [7, 11) is 1.51. The van der Waals surface area contributed by atoms with E-state index < -0.39 is 24.5 Å². The van der Waals surface area contributed by atoms with Crippen LogP contribution in [0.4, 0.5) is 0 Å². The highest BCUT2D eigenvalue weighted by atomic mass is 127. The van der Waals surface area contributed by atoms with Gasteiger partial charge in [-0.15, -0.1) is 0 Å². The number of ether oxygens (including phenoxy) is 3. The van der Waals surface area contributed by atoms with E-state index in [4.69, 9.17) is 14.2 Å². The quantitative estimate of drug-likeness (QED) is 0.227. The Hall–Kier alpha value is -1.14. The average Bonchev–Trinajstić information content (AvgIpc) is 2.86. The molecule has 4 atom stereocenters. The molecule has 1 saturated heterocycles. The van der Waals surface area contributed by atoms with Crippen LogP contribution in [0, 0.1) is 0 Å². The monoisotopic (exact) mass is 481 g/mol. The normalized spacial score (nSPS) is 26.3. The van der Waals surface area contributed by atoms with Crippen molar-refractivity contribution < 1.29 is 33.7 Å². The van der Waals surface area contributed by atoms with E-state index >= 15 is 0 Å². The molecule has 0 radical (unpaired) electrons. The van der Waals surface area contributed by atoms with Crippen molar-refractivity contribution in [3.63, 3.8) is 0 Å². The van der Waals surface area contributed by atoms with E-state index in [2.05, 4.69) is 0 Å². The van der Waals surface area contributed by atoms with Crippen molar-refractivity contribution in [1.82, 2.24) is 4.90 Å². The maximum absolute atomic E-state index is 12.1. The van der Waals surface area contributed by atoms with Crippen LogP contribution < -0.4 is 0 Å². The standard InChI is InChI=1S/C17H24INO7/c1-10(11(2)20)9-19(12(3)21)17-16(25-8-7-24-4)15(23)13(26-17)5-6-14(18)22/h5-6,9,13,15-17,23H,7-8H2,1-4H3/b6-5+,10-9-/t13-,15-,16-,17-/m1/s1. The Kier molecular flexibility index (Phi) is 9.58. The van der Waals surface area contributed by atoms with E-state index in [0.29, 0.717) is 12.2 Å². The molecule has 1 fully saturated rings. The van der Waals surface area contributed by atoms with Crippen molar-refractivity contribution >= 4 is 38.1 Å². The van der Waals surface area contributed by atoms with Crippen molar-refractivity contribution in [2.45, 2.75) is 45.3 Å². The first-order chi connectivity index (χ1) is 12.2. The summed E-state index contributed by atoms with van der Waals surface area (Å²) in [5.74, 6) is -0.573. The number of Topliss-reactive ketones (excluding diaryl/α,β-unsaturated/α-hetero) is 1. The third kappa shape index (κ3) is 6.54. The molecule has 1 aliphatic heterocycles. The maximum atomic E-state index is 12.1. The average molecular weight is 481 g/mol. The van der Waals surface area contributed by atoms with E-state index in [9.17, 15) is 19.5 Å². The summed E-state index contributed by atoms with van der Waals surface area (Å²) in [5, 5.41) is 10.5. The van der Waals surface area contributed by atoms with Gasteiger partial charge in [0.25, 0.3) is 0 Å². The minimum atomic E-state index is -1.10. The second-order valence-electron chi connectivity index (χ2n) is 5.77. The first-order valence-corrected chi connectivity index (χ1v) is 9.07. The van der Waals surface area contributed by atoms with Crippen LogP contribution in [0.25, 0.3) is 0 Å². The second-order valence-corrected chi connectivity index (χ2v) is 6.83. The molecule has 8 nitrogen and oxygen atoms in total. The van der Waals surface area contributed by atoms with Gasteiger partial charge in [-0.2, -0.15) is 0 Å². The molecule has 0 aliphatic carbocycles. The molecule has 0 aromatic carbocycles. The van der Waals surface area contributed by atoms with E-state index in [1.807, 2.05) is 0 Å². The highest BCUT2D eigenvalue weighted by Crippen LogP contribution is 2.28. The number of methoxy groups -OCH3 is 1. The molecule has 9 heteroatoms. The predicted octanol–water partition coefficient (Wildman–Crippen LogP) is 0.963. The number of ketones is 1. The molecule has 1 amide bonds. The van der Waals surface area contributed by atoms with Gasteiger partial charge in [0.1, 0.15) is 18.3 Å². The van der Waals surface area contributed by atoms with Crippen LogP contribution in [0.2, 0.25) is 0 Å². The summed E-state index contributed by atoms with van der Waals surface area (Å²) in [6.07, 6.45) is 0.321. The van der Waals surface area contributed by atoms with Gasteiger partial charge in [0.2, 0.25) is 9.70 Å². The fourth-order valence-electron chi connectivity index (χ4n) is 2.32. The molecule has 0 saturated carbocycles. The predicted molar refractivity (Wildman–Crippen MR) is 101 cm³/mol. The first kappa shape index (κ1) is 22.9. The Balaban J connectivity index is 3.13. The van der Waals surface area contributed by atoms with Gasteiger partial charge >= 0.3 is 0 Å². The minimum absolute atomic E-state index is 0.181. The Bertz CT molecular complexity index is 590. The summed E-state index contributed by atoms with van der Waals surface area (Å²) < 4.78 is 16.1. The number of halogens is 1. The minimum Gasteiger partial charge on any atom is -0.387 e. The van der Waals surface area contributed by atoms with Crippen molar-refractivity contribution in [1.29, 1.82) is 0 Å². The molecule has 0 aromatic heterocycles. The lowest BCUT2D eigenvalue weighted by Gasteiger charge is -2.29. The van der Waals surface area contributed by atoms with Gasteiger partial charge in [0.05, 0.1) is 13.2 Å². The molecule has 146 valence electrons. The molecular weight excluding hydrogens is 457 g/mol. The number of nitrogens with zero attached hydrogens (tertiary/aromatic N) is 1. The van der Waals surface area contributed by atoms with Gasteiger partial charge < -0.3 is 19.3 Å². The molecule has 0 aromatic rings. The van der Waals surface area contributed by atoms with Crippen LogP contribution in [0.15, 0.2) is 23.9 Å². The Morgan fingerprint density at radius 3 is 2.38 bits per heavy atom. The van der Waals surface area contributed by atoms with Gasteiger partial charge in [-0.25, -0.2) is 0 Å². The topological polar surface area (TPSA) is 102 Å². The zero-order valence-electron chi connectivity index (χ0n) is 15.2. The summed E-state index contributed by atoms with van der Waals surface area (Å²) in [5.41, 5.74) is 0.357. The number of carbonyl (C=O) groups excluding carboxylic acids is 3. The molecule has 0 spiro atoms. The van der Waals surface area contributed by atoms with Crippen molar-refractivity contribution in [2.75, 3.05) is 20.3 Å². The van der Waals surface area contributed by atoms with Gasteiger partial charge in [0, 0.05) is 48.4 Å². The van der Waals surface area contributed by atoms with Crippen LogP contribution in [-0.2, 0) is 28.6 Å². The highest BCUT2D eigenvalue weighted by molar-refractivity contribution is 14.1. The number of rotatable bonds is 9. The zero-order chi connectivity index (χ0) is 19.9. The first-order valence-electron chi connectivity index (χ1n) is 7.99. The number of aliphatic hydroxyl groups excluding tert-OH is 1. The third-order valence-corrected chi connectivity index (χ3v) is 4.15. The SMILES string of the molecule is COCCO[C@@H]1[C@H](O)[C@@H](/C=C/C(=O)I)O[C@H]1N(/C=C(/C)C(C)=O)C(C)=O. The van der Waals surface area contributed by atoms with Crippen LogP contribution >= 0.6 is 22.6 Å². The number of hydrogen-bond donors (Lipinski definition) is 1. The summed E-state index contributed by atoms with van der Waals surface area (Å²) in [6, 6.07) is 0. The van der Waals surface area contributed by atoms with Crippen LogP contribution in [0.5, 0.6) is 0 Å². The zero-order valence-corrected chi connectivity index (χ0v) is 17.3. The lowest BCUT2D eigenvalue weighted by Crippen LogP contribution is -2.45. The molecule has 0 unspecified atom stereocenters. The maximum Gasteiger partial charge on any atom is 0.225 e. The highest BCUT2D eigenvalue weighted by Gasteiger charge is 2.46. The Morgan fingerprint density at radius 1 is 1.23 bits per heavy atom. The van der Waals surface area contributed by atoms with E-state index in [1.165, 1.54) is 44.2 Å². The van der Waals surface area contributed by atoms with Gasteiger partial charge in [-0.1, -0.05) is 0 Å². The van der Waals surface area contributed by atoms with Crippen molar-refractivity contribution in [3.8, 4) is 0 Å². The van der Waals surface area contributed by atoms with Gasteiger partial charge in [-0.3, -0.25) is 19.3 Å². The Morgan fingerprint density at radius 2 is 1.88 bits per heavy atom. The number of hydrogen-bond acceptors (Lipinski definition) is 7.